The van der Waals surface area contributed by atoms with Crippen LogP contribution in [0.3, 0.4) is 0 Å². The van der Waals surface area contributed by atoms with Gasteiger partial charge in [0.15, 0.2) is 0 Å². The number of hydrogen-bond donors (Lipinski definition) is 0. The molecule has 2 aliphatic heterocycles. The summed E-state index contributed by atoms with van der Waals surface area (Å²) in [6, 6.07) is 20.7. The van der Waals surface area contributed by atoms with Gasteiger partial charge >= 0.3 is 0 Å². The van der Waals surface area contributed by atoms with E-state index in [9.17, 15) is 0 Å². The molecule has 2 unspecified atom stereocenters. The highest BCUT2D eigenvalue weighted by Crippen LogP contribution is 2.54. The molecule has 2 nitrogen and oxygen atoms in total. The molecular formula is C32H34N2S. The zero-order valence-corrected chi connectivity index (χ0v) is 22.1. The van der Waals surface area contributed by atoms with Crippen LogP contribution in [0.15, 0.2) is 83.8 Å². The molecule has 0 saturated carbocycles. The summed E-state index contributed by atoms with van der Waals surface area (Å²) in [5.74, 6) is 1.43. The predicted octanol–water partition coefficient (Wildman–Crippen LogP) is 9.04. The van der Waals surface area contributed by atoms with Gasteiger partial charge in [0.2, 0.25) is 0 Å². The number of anilines is 4. The van der Waals surface area contributed by atoms with Gasteiger partial charge in [-0.2, -0.15) is 0 Å². The van der Waals surface area contributed by atoms with Gasteiger partial charge < -0.3 is 9.80 Å². The molecular weight excluding hydrogens is 444 g/mol. The van der Waals surface area contributed by atoms with E-state index in [1.54, 1.807) is 0 Å². The zero-order chi connectivity index (χ0) is 24.3. The lowest BCUT2D eigenvalue weighted by atomic mass is 9.89. The Kier molecular flexibility index (Phi) is 5.56. The number of hydrogen-bond acceptors (Lipinski definition) is 3. The Morgan fingerprint density at radius 3 is 2.31 bits per heavy atom. The number of rotatable bonds is 5. The second kappa shape index (κ2) is 8.64. The molecule has 0 aromatic heterocycles. The number of para-hydroxylation sites is 3. The molecule has 0 bridgehead atoms. The van der Waals surface area contributed by atoms with E-state index in [-0.39, 0.29) is 0 Å². The van der Waals surface area contributed by atoms with Crippen LogP contribution in [0, 0.1) is 0 Å². The summed E-state index contributed by atoms with van der Waals surface area (Å²) in [7, 11) is 2.25. The molecule has 1 aliphatic carbocycles. The average Bonchev–Trinajstić information content (AvgIpc) is 3.21. The number of allylic oxidation sites excluding steroid dienone is 3. The van der Waals surface area contributed by atoms with Crippen molar-refractivity contribution < 1.29 is 0 Å². The SMILES string of the molecule is CC(C)c1cccc(C(C)C)c1N(C)c1ccccc1N1Cc2cc3c(cc21)C1C=CC=CC1S3. The summed E-state index contributed by atoms with van der Waals surface area (Å²) in [6.45, 7) is 10.2. The normalized spacial score (nSPS) is 19.6. The van der Waals surface area contributed by atoms with Gasteiger partial charge in [0.05, 0.1) is 17.9 Å². The second-order valence-corrected chi connectivity index (χ2v) is 11.8. The maximum Gasteiger partial charge on any atom is 0.0655 e. The monoisotopic (exact) mass is 478 g/mol. The lowest BCUT2D eigenvalue weighted by molar-refractivity contribution is 0.824. The van der Waals surface area contributed by atoms with E-state index in [0.29, 0.717) is 23.0 Å². The third kappa shape index (κ3) is 3.63. The van der Waals surface area contributed by atoms with Crippen LogP contribution < -0.4 is 9.80 Å². The number of benzene rings is 3. The predicted molar refractivity (Wildman–Crippen MR) is 152 cm³/mol. The van der Waals surface area contributed by atoms with Crippen LogP contribution in [-0.4, -0.2) is 12.3 Å². The van der Waals surface area contributed by atoms with Crippen LogP contribution in [-0.2, 0) is 6.54 Å². The molecule has 0 N–H and O–H groups in total. The molecule has 2 heterocycles. The average molecular weight is 479 g/mol. The minimum absolute atomic E-state index is 0.466. The van der Waals surface area contributed by atoms with Crippen LogP contribution in [0.5, 0.6) is 0 Å². The summed E-state index contributed by atoms with van der Waals surface area (Å²) in [4.78, 5) is 6.41. The fourth-order valence-corrected chi connectivity index (χ4v) is 7.26. The molecule has 2 atom stereocenters. The van der Waals surface area contributed by atoms with Crippen molar-refractivity contribution in [2.75, 3.05) is 16.8 Å². The minimum atomic E-state index is 0.466. The van der Waals surface area contributed by atoms with Crippen molar-refractivity contribution in [1.82, 2.24) is 0 Å². The van der Waals surface area contributed by atoms with Gasteiger partial charge in [0.25, 0.3) is 0 Å². The largest absolute Gasteiger partial charge is 0.342 e. The fraction of sp³-hybridized carbons (Fsp3) is 0.312. The number of thioether (sulfide) groups is 1. The van der Waals surface area contributed by atoms with E-state index in [2.05, 4.69) is 123 Å². The molecule has 6 rings (SSSR count). The van der Waals surface area contributed by atoms with Crippen molar-refractivity contribution in [3.63, 3.8) is 0 Å². The third-order valence-corrected chi connectivity index (χ3v) is 9.08. The van der Waals surface area contributed by atoms with Crippen molar-refractivity contribution in [2.45, 2.75) is 62.1 Å². The van der Waals surface area contributed by atoms with Crippen LogP contribution in [0.1, 0.15) is 67.7 Å². The van der Waals surface area contributed by atoms with Crippen molar-refractivity contribution in [3.8, 4) is 0 Å². The standard InChI is InChI=1S/C32H34N2S/c1-20(2)23-12-10-13-24(21(3)4)32(23)33(5)27-14-7-8-15-28(27)34-19-22-17-31-26(18-29(22)34)25-11-6-9-16-30(25)35-31/h6-18,20-21,25,30H,19H2,1-5H3. The van der Waals surface area contributed by atoms with Gasteiger partial charge in [-0.25, -0.2) is 0 Å². The van der Waals surface area contributed by atoms with Gasteiger partial charge in [0.1, 0.15) is 0 Å². The van der Waals surface area contributed by atoms with Gasteiger partial charge in [-0.1, -0.05) is 82.3 Å². The molecule has 0 saturated heterocycles. The molecule has 0 spiro atoms. The number of fused-ring (bicyclic) bond motifs is 4. The Hall–Kier alpha value is -2.91. The fourth-order valence-electron chi connectivity index (χ4n) is 5.87. The topological polar surface area (TPSA) is 6.48 Å². The van der Waals surface area contributed by atoms with Crippen LogP contribution in [0.25, 0.3) is 0 Å². The Morgan fingerprint density at radius 2 is 1.57 bits per heavy atom. The van der Waals surface area contributed by atoms with E-state index in [1.807, 2.05) is 11.8 Å². The molecule has 178 valence electrons. The molecule has 0 fully saturated rings. The molecule has 35 heavy (non-hydrogen) atoms. The summed E-state index contributed by atoms with van der Waals surface area (Å²) in [5.41, 5.74) is 11.1. The summed E-state index contributed by atoms with van der Waals surface area (Å²) >= 11 is 2.02. The Bertz CT molecular complexity index is 1320. The summed E-state index contributed by atoms with van der Waals surface area (Å²) in [6.07, 6.45) is 9.13. The Morgan fingerprint density at radius 1 is 0.857 bits per heavy atom. The van der Waals surface area contributed by atoms with E-state index < -0.39 is 0 Å². The maximum atomic E-state index is 2.51. The van der Waals surface area contributed by atoms with Crippen molar-refractivity contribution >= 4 is 34.5 Å². The van der Waals surface area contributed by atoms with Crippen LogP contribution in [0.4, 0.5) is 22.7 Å². The smallest absolute Gasteiger partial charge is 0.0655 e. The first-order valence-corrected chi connectivity index (χ1v) is 13.7. The highest BCUT2D eigenvalue weighted by Gasteiger charge is 2.36. The lowest BCUT2D eigenvalue weighted by Gasteiger charge is -2.40. The molecule has 3 aromatic carbocycles. The molecule has 0 radical (unpaired) electrons. The zero-order valence-electron chi connectivity index (χ0n) is 21.3. The first kappa shape index (κ1) is 22.5. The Balaban J connectivity index is 1.41. The maximum absolute atomic E-state index is 2.51. The first-order valence-electron chi connectivity index (χ1n) is 12.9. The highest BCUT2D eigenvalue weighted by molar-refractivity contribution is 8.00. The third-order valence-electron chi connectivity index (χ3n) is 7.75. The van der Waals surface area contributed by atoms with E-state index in [1.165, 1.54) is 49.9 Å². The first-order chi connectivity index (χ1) is 16.9. The molecule has 3 heteroatoms. The summed E-state index contributed by atoms with van der Waals surface area (Å²) < 4.78 is 0. The summed E-state index contributed by atoms with van der Waals surface area (Å²) in [5, 5.41) is 0.546. The highest BCUT2D eigenvalue weighted by atomic mass is 32.2. The van der Waals surface area contributed by atoms with Crippen molar-refractivity contribution in [2.24, 2.45) is 0 Å². The van der Waals surface area contributed by atoms with Crippen molar-refractivity contribution in [3.05, 3.63) is 101 Å². The lowest BCUT2D eigenvalue weighted by Crippen LogP contribution is -2.29. The molecule has 3 aliphatic rings. The number of nitrogens with zero attached hydrogens (tertiary/aromatic N) is 2. The van der Waals surface area contributed by atoms with E-state index in [4.69, 9.17) is 0 Å². The second-order valence-electron chi connectivity index (χ2n) is 10.6. The van der Waals surface area contributed by atoms with Gasteiger partial charge in [-0.05, 0) is 58.4 Å². The molecule has 0 amide bonds. The van der Waals surface area contributed by atoms with Crippen LogP contribution in [0.2, 0.25) is 0 Å². The van der Waals surface area contributed by atoms with Gasteiger partial charge in [0, 0.05) is 34.5 Å². The van der Waals surface area contributed by atoms with Gasteiger partial charge in [-0.3, -0.25) is 0 Å². The molecule has 3 aromatic rings. The van der Waals surface area contributed by atoms with Gasteiger partial charge in [-0.15, -0.1) is 11.8 Å². The van der Waals surface area contributed by atoms with E-state index >= 15 is 0 Å². The van der Waals surface area contributed by atoms with Crippen LogP contribution >= 0.6 is 11.8 Å². The van der Waals surface area contributed by atoms with Crippen molar-refractivity contribution in [1.29, 1.82) is 0 Å². The van der Waals surface area contributed by atoms with E-state index in [0.717, 1.165) is 6.54 Å². The Labute approximate surface area is 214 Å². The quantitative estimate of drug-likeness (QED) is 0.361. The minimum Gasteiger partial charge on any atom is -0.342 e.